The largest absolute Gasteiger partial charge is 0.357 e. The number of benzene rings is 1. The molecule has 5 nitrogen and oxygen atoms in total. The Labute approximate surface area is 184 Å². The molecule has 150 valence electrons. The van der Waals surface area contributed by atoms with Crippen molar-refractivity contribution in [2.75, 3.05) is 19.6 Å². The van der Waals surface area contributed by atoms with Gasteiger partial charge in [-0.05, 0) is 38.1 Å². The second-order valence-corrected chi connectivity index (χ2v) is 7.51. The van der Waals surface area contributed by atoms with E-state index in [1.807, 2.05) is 6.20 Å². The van der Waals surface area contributed by atoms with Crippen LogP contribution in [0, 0.1) is 6.92 Å². The van der Waals surface area contributed by atoms with E-state index in [-0.39, 0.29) is 24.0 Å². The second-order valence-electron chi connectivity index (χ2n) is 6.19. The monoisotopic (exact) mass is 501 g/mol. The predicted octanol–water partition coefficient (Wildman–Crippen LogP) is 4.17. The normalized spacial score (nSPS) is 11.4. The van der Waals surface area contributed by atoms with Gasteiger partial charge >= 0.3 is 0 Å². The van der Waals surface area contributed by atoms with Gasteiger partial charge in [-0.25, -0.2) is 9.98 Å². The van der Waals surface area contributed by atoms with Crippen LogP contribution in [0.1, 0.15) is 41.8 Å². The van der Waals surface area contributed by atoms with Gasteiger partial charge in [0.1, 0.15) is 5.01 Å². The van der Waals surface area contributed by atoms with E-state index < -0.39 is 0 Å². The van der Waals surface area contributed by atoms with E-state index in [4.69, 9.17) is 0 Å². The van der Waals surface area contributed by atoms with Gasteiger partial charge in [-0.1, -0.05) is 38.1 Å². The minimum Gasteiger partial charge on any atom is -0.357 e. The lowest BCUT2D eigenvalue weighted by Crippen LogP contribution is -2.36. The van der Waals surface area contributed by atoms with Gasteiger partial charge in [0, 0.05) is 24.2 Å². The van der Waals surface area contributed by atoms with Gasteiger partial charge in [-0.3, -0.25) is 4.90 Å². The molecule has 1 aromatic carbocycles. The summed E-state index contributed by atoms with van der Waals surface area (Å²) in [5, 5.41) is 7.72. The Morgan fingerprint density at radius 3 is 2.30 bits per heavy atom. The summed E-state index contributed by atoms with van der Waals surface area (Å²) >= 11 is 1.71. The number of aliphatic imine (C=N–C) groups is 1. The third-order valence-corrected chi connectivity index (χ3v) is 5.08. The van der Waals surface area contributed by atoms with Crippen LogP contribution in [0.5, 0.6) is 0 Å². The average Bonchev–Trinajstić information content (AvgIpc) is 3.08. The lowest BCUT2D eigenvalue weighted by atomic mass is 10.1. The molecule has 0 atom stereocenters. The molecule has 0 saturated carbocycles. The van der Waals surface area contributed by atoms with Crippen molar-refractivity contribution in [1.82, 2.24) is 20.5 Å². The summed E-state index contributed by atoms with van der Waals surface area (Å²) in [5.74, 6) is 0.826. The molecule has 2 rings (SSSR count). The Morgan fingerprint density at radius 2 is 1.74 bits per heavy atom. The lowest BCUT2D eigenvalue weighted by Gasteiger charge is -2.18. The maximum absolute atomic E-state index is 4.69. The Morgan fingerprint density at radius 1 is 1.07 bits per heavy atom. The highest BCUT2D eigenvalue weighted by Gasteiger charge is 2.03. The van der Waals surface area contributed by atoms with E-state index in [2.05, 4.69) is 77.5 Å². The van der Waals surface area contributed by atoms with Crippen LogP contribution in [-0.4, -0.2) is 35.5 Å². The molecule has 0 aliphatic heterocycles. The summed E-state index contributed by atoms with van der Waals surface area (Å²) in [6.45, 7) is 13.9. The van der Waals surface area contributed by atoms with Crippen LogP contribution in [0.25, 0.3) is 0 Å². The molecule has 2 aromatic rings. The first-order valence-corrected chi connectivity index (χ1v) is 10.2. The molecular weight excluding hydrogens is 469 g/mol. The minimum atomic E-state index is 0. The quantitative estimate of drug-likeness (QED) is 0.308. The van der Waals surface area contributed by atoms with Gasteiger partial charge in [0.15, 0.2) is 5.96 Å². The molecule has 0 unspecified atom stereocenters. The highest BCUT2D eigenvalue weighted by Crippen LogP contribution is 2.11. The number of nitrogens with one attached hydrogen (secondary N) is 2. The van der Waals surface area contributed by atoms with Crippen molar-refractivity contribution in [3.8, 4) is 0 Å². The number of thiazole rings is 1. The van der Waals surface area contributed by atoms with E-state index in [1.165, 1.54) is 16.0 Å². The molecule has 1 heterocycles. The van der Waals surface area contributed by atoms with Crippen molar-refractivity contribution in [3.05, 3.63) is 51.5 Å². The summed E-state index contributed by atoms with van der Waals surface area (Å²) in [6, 6.07) is 8.77. The Bertz CT molecular complexity index is 680. The van der Waals surface area contributed by atoms with Crippen LogP contribution in [0.2, 0.25) is 0 Å². The van der Waals surface area contributed by atoms with Crippen LogP contribution in [-0.2, 0) is 19.6 Å². The Hall–Kier alpha value is -1.19. The topological polar surface area (TPSA) is 52.6 Å². The molecule has 2 N–H and O–H groups in total. The standard InChI is InChI=1S/C20H31N5S.HI/c1-5-21-20(24-14-19-22-12-16(4)26-19)23-13-17-8-10-18(11-9-17)15-25(6-2)7-3;/h8-12H,5-7,13-15H2,1-4H3,(H2,21,23,24);1H. The van der Waals surface area contributed by atoms with Crippen LogP contribution in [0.3, 0.4) is 0 Å². The maximum Gasteiger partial charge on any atom is 0.191 e. The van der Waals surface area contributed by atoms with Crippen molar-refractivity contribution in [2.24, 2.45) is 4.99 Å². The number of aryl methyl sites for hydroxylation is 1. The van der Waals surface area contributed by atoms with Gasteiger partial charge in [-0.15, -0.1) is 35.3 Å². The molecule has 0 radical (unpaired) electrons. The molecule has 0 aliphatic carbocycles. The third kappa shape index (κ3) is 8.57. The second kappa shape index (κ2) is 13.1. The first kappa shape index (κ1) is 23.8. The first-order chi connectivity index (χ1) is 12.6. The number of aromatic nitrogens is 1. The number of hydrogen-bond donors (Lipinski definition) is 2. The maximum atomic E-state index is 4.69. The zero-order valence-electron chi connectivity index (χ0n) is 16.8. The van der Waals surface area contributed by atoms with Crippen molar-refractivity contribution < 1.29 is 0 Å². The number of hydrogen-bond acceptors (Lipinski definition) is 4. The van der Waals surface area contributed by atoms with Gasteiger partial charge in [0.05, 0.1) is 13.1 Å². The Kier molecular flexibility index (Phi) is 11.5. The highest BCUT2D eigenvalue weighted by molar-refractivity contribution is 14.0. The van der Waals surface area contributed by atoms with Crippen molar-refractivity contribution in [2.45, 2.75) is 47.3 Å². The number of nitrogens with zero attached hydrogens (tertiary/aromatic N) is 3. The minimum absolute atomic E-state index is 0. The van der Waals surface area contributed by atoms with Gasteiger partial charge < -0.3 is 10.6 Å². The fourth-order valence-electron chi connectivity index (χ4n) is 2.61. The zero-order chi connectivity index (χ0) is 18.8. The summed E-state index contributed by atoms with van der Waals surface area (Å²) in [6.07, 6.45) is 1.91. The summed E-state index contributed by atoms with van der Waals surface area (Å²) < 4.78 is 0. The molecule has 0 amide bonds. The molecule has 0 aliphatic rings. The summed E-state index contributed by atoms with van der Waals surface area (Å²) in [4.78, 5) is 12.7. The number of halogens is 1. The van der Waals surface area contributed by atoms with Crippen LogP contribution in [0.4, 0.5) is 0 Å². The van der Waals surface area contributed by atoms with Gasteiger partial charge in [0.25, 0.3) is 0 Å². The smallest absolute Gasteiger partial charge is 0.191 e. The van der Waals surface area contributed by atoms with Crippen LogP contribution in [0.15, 0.2) is 35.5 Å². The van der Waals surface area contributed by atoms with Gasteiger partial charge in [0.2, 0.25) is 0 Å². The third-order valence-electron chi connectivity index (χ3n) is 4.16. The zero-order valence-corrected chi connectivity index (χ0v) is 19.9. The predicted molar refractivity (Wildman–Crippen MR) is 127 cm³/mol. The van der Waals surface area contributed by atoms with Crippen molar-refractivity contribution in [1.29, 1.82) is 0 Å². The van der Waals surface area contributed by atoms with E-state index in [0.717, 1.165) is 37.1 Å². The molecule has 0 saturated heterocycles. The molecule has 7 heteroatoms. The van der Waals surface area contributed by atoms with Crippen molar-refractivity contribution >= 4 is 41.3 Å². The van der Waals surface area contributed by atoms with E-state index >= 15 is 0 Å². The highest BCUT2D eigenvalue weighted by atomic mass is 127. The van der Waals surface area contributed by atoms with E-state index in [0.29, 0.717) is 13.1 Å². The summed E-state index contributed by atoms with van der Waals surface area (Å²) in [5.41, 5.74) is 2.57. The lowest BCUT2D eigenvalue weighted by molar-refractivity contribution is 0.296. The SMILES string of the molecule is CCNC(=NCc1ccc(CN(CC)CC)cc1)NCc1ncc(C)s1.I. The molecule has 1 aromatic heterocycles. The van der Waals surface area contributed by atoms with Crippen molar-refractivity contribution in [3.63, 3.8) is 0 Å². The molecular formula is C20H32IN5S. The number of rotatable bonds is 9. The molecule has 0 spiro atoms. The molecule has 0 bridgehead atoms. The molecule has 27 heavy (non-hydrogen) atoms. The Balaban J connectivity index is 0.00000364. The van der Waals surface area contributed by atoms with Gasteiger partial charge in [-0.2, -0.15) is 0 Å². The first-order valence-electron chi connectivity index (χ1n) is 9.38. The molecule has 0 fully saturated rings. The fourth-order valence-corrected chi connectivity index (χ4v) is 3.34. The fraction of sp³-hybridized carbons (Fsp3) is 0.500. The van der Waals surface area contributed by atoms with Crippen LogP contribution >= 0.6 is 35.3 Å². The number of guanidine groups is 1. The average molecular weight is 501 g/mol. The van der Waals surface area contributed by atoms with Crippen LogP contribution < -0.4 is 10.6 Å². The summed E-state index contributed by atoms with van der Waals surface area (Å²) in [7, 11) is 0. The van der Waals surface area contributed by atoms with E-state index in [9.17, 15) is 0 Å². The van der Waals surface area contributed by atoms with E-state index in [1.54, 1.807) is 11.3 Å².